The Labute approximate surface area is 177 Å². The number of urea groups is 1. The standard InChI is InChI=1S/C18H27N5O3.HI/c1-4-19-17(20-9-10-23-16(24)13-21-18(23)25)22(3)11-12-26-15-8-6-5-7-14(15)2;/h5-8H,4,9-13H2,1-3H3,(H,19,20)(H,21,25);1H. The summed E-state index contributed by atoms with van der Waals surface area (Å²) in [7, 11) is 1.93. The van der Waals surface area contributed by atoms with Crippen LogP contribution in [0.2, 0.25) is 0 Å². The number of para-hydroxylation sites is 1. The van der Waals surface area contributed by atoms with Crippen LogP contribution in [0.3, 0.4) is 0 Å². The van der Waals surface area contributed by atoms with Crippen LogP contribution in [-0.4, -0.2) is 74.1 Å². The highest BCUT2D eigenvalue weighted by molar-refractivity contribution is 14.0. The van der Waals surface area contributed by atoms with Crippen LogP contribution in [0.4, 0.5) is 4.79 Å². The minimum Gasteiger partial charge on any atom is -0.491 e. The number of carbonyl (C=O) groups is 2. The molecule has 150 valence electrons. The first-order chi connectivity index (χ1) is 12.5. The van der Waals surface area contributed by atoms with Gasteiger partial charge in [-0.15, -0.1) is 24.0 Å². The molecule has 8 nitrogen and oxygen atoms in total. The third-order valence-electron chi connectivity index (χ3n) is 4.00. The number of hydrogen-bond acceptors (Lipinski definition) is 4. The van der Waals surface area contributed by atoms with Crippen molar-refractivity contribution in [3.05, 3.63) is 29.8 Å². The number of ether oxygens (including phenoxy) is 1. The maximum atomic E-state index is 11.6. The number of imide groups is 1. The van der Waals surface area contributed by atoms with E-state index in [1.165, 1.54) is 4.90 Å². The summed E-state index contributed by atoms with van der Waals surface area (Å²) in [5.74, 6) is 1.38. The van der Waals surface area contributed by atoms with E-state index >= 15 is 0 Å². The van der Waals surface area contributed by atoms with Crippen molar-refractivity contribution in [3.63, 3.8) is 0 Å². The average molecular weight is 489 g/mol. The molecule has 1 heterocycles. The highest BCUT2D eigenvalue weighted by atomic mass is 127. The number of hydrogen-bond donors (Lipinski definition) is 2. The molecule has 0 unspecified atom stereocenters. The Kier molecular flexibility index (Phi) is 9.90. The predicted octanol–water partition coefficient (Wildman–Crippen LogP) is 1.44. The minimum absolute atomic E-state index is 0. The fourth-order valence-electron chi connectivity index (χ4n) is 2.52. The Morgan fingerprint density at radius 2 is 2.11 bits per heavy atom. The van der Waals surface area contributed by atoms with E-state index < -0.39 is 0 Å². The number of amides is 3. The Hall–Kier alpha value is -2.04. The van der Waals surface area contributed by atoms with Crippen molar-refractivity contribution in [2.45, 2.75) is 13.8 Å². The number of rotatable bonds is 8. The number of benzene rings is 1. The fraction of sp³-hybridized carbons (Fsp3) is 0.500. The number of nitrogens with zero attached hydrogens (tertiary/aromatic N) is 3. The summed E-state index contributed by atoms with van der Waals surface area (Å²) in [6, 6.07) is 7.55. The van der Waals surface area contributed by atoms with Gasteiger partial charge in [-0.2, -0.15) is 0 Å². The van der Waals surface area contributed by atoms with Gasteiger partial charge in [0.05, 0.1) is 26.2 Å². The van der Waals surface area contributed by atoms with Crippen LogP contribution in [0.1, 0.15) is 12.5 Å². The monoisotopic (exact) mass is 489 g/mol. The molecule has 9 heteroatoms. The predicted molar refractivity (Wildman–Crippen MR) is 116 cm³/mol. The van der Waals surface area contributed by atoms with Crippen molar-refractivity contribution in [2.75, 3.05) is 46.4 Å². The first-order valence-electron chi connectivity index (χ1n) is 8.79. The maximum absolute atomic E-state index is 11.6. The van der Waals surface area contributed by atoms with Gasteiger partial charge >= 0.3 is 6.03 Å². The van der Waals surface area contributed by atoms with Gasteiger partial charge in [0.1, 0.15) is 12.4 Å². The topological polar surface area (TPSA) is 86.3 Å². The van der Waals surface area contributed by atoms with E-state index in [2.05, 4.69) is 15.6 Å². The van der Waals surface area contributed by atoms with Gasteiger partial charge in [0, 0.05) is 13.6 Å². The van der Waals surface area contributed by atoms with Crippen LogP contribution in [0.15, 0.2) is 29.3 Å². The zero-order valence-electron chi connectivity index (χ0n) is 16.0. The second-order valence-corrected chi connectivity index (χ2v) is 5.98. The molecule has 0 bridgehead atoms. The molecule has 0 aliphatic carbocycles. The molecule has 1 aliphatic rings. The molecule has 0 radical (unpaired) electrons. The van der Waals surface area contributed by atoms with E-state index in [-0.39, 0.29) is 49.0 Å². The van der Waals surface area contributed by atoms with Crippen molar-refractivity contribution in [1.82, 2.24) is 20.4 Å². The van der Waals surface area contributed by atoms with Crippen LogP contribution in [0, 0.1) is 6.92 Å². The Balaban J connectivity index is 0.00000364. The number of carbonyl (C=O) groups excluding carboxylic acids is 2. The first kappa shape index (κ1) is 23.0. The van der Waals surface area contributed by atoms with Crippen molar-refractivity contribution in [3.8, 4) is 5.75 Å². The third-order valence-corrected chi connectivity index (χ3v) is 4.00. The molecular formula is C18H28IN5O3. The third kappa shape index (κ3) is 6.89. The molecule has 1 aliphatic heterocycles. The molecule has 2 rings (SSSR count). The highest BCUT2D eigenvalue weighted by Crippen LogP contribution is 2.15. The molecule has 0 spiro atoms. The molecule has 0 atom stereocenters. The van der Waals surface area contributed by atoms with Crippen molar-refractivity contribution >= 4 is 41.9 Å². The van der Waals surface area contributed by atoms with E-state index in [0.717, 1.165) is 17.9 Å². The summed E-state index contributed by atoms with van der Waals surface area (Å²) in [5.41, 5.74) is 1.10. The number of guanidine groups is 1. The lowest BCUT2D eigenvalue weighted by atomic mass is 10.2. The van der Waals surface area contributed by atoms with E-state index in [0.29, 0.717) is 25.7 Å². The molecule has 27 heavy (non-hydrogen) atoms. The van der Waals surface area contributed by atoms with Crippen LogP contribution in [0.5, 0.6) is 5.75 Å². The van der Waals surface area contributed by atoms with Gasteiger partial charge in [0.25, 0.3) is 0 Å². The van der Waals surface area contributed by atoms with Gasteiger partial charge in [-0.25, -0.2) is 4.79 Å². The molecule has 1 aromatic carbocycles. The Morgan fingerprint density at radius 1 is 1.37 bits per heavy atom. The van der Waals surface area contributed by atoms with Gasteiger partial charge in [0.2, 0.25) is 5.91 Å². The van der Waals surface area contributed by atoms with Crippen molar-refractivity contribution in [2.24, 2.45) is 4.99 Å². The van der Waals surface area contributed by atoms with Gasteiger partial charge in [-0.3, -0.25) is 14.7 Å². The van der Waals surface area contributed by atoms with Gasteiger partial charge in [-0.05, 0) is 25.5 Å². The molecule has 3 amide bonds. The molecule has 1 saturated heterocycles. The maximum Gasteiger partial charge on any atom is 0.324 e. The quantitative estimate of drug-likeness (QED) is 0.250. The molecular weight excluding hydrogens is 461 g/mol. The van der Waals surface area contributed by atoms with Gasteiger partial charge < -0.3 is 20.3 Å². The van der Waals surface area contributed by atoms with E-state index in [9.17, 15) is 9.59 Å². The summed E-state index contributed by atoms with van der Waals surface area (Å²) in [4.78, 5) is 30.7. The van der Waals surface area contributed by atoms with Crippen LogP contribution >= 0.6 is 24.0 Å². The highest BCUT2D eigenvalue weighted by Gasteiger charge is 2.27. The van der Waals surface area contributed by atoms with Crippen LogP contribution in [0.25, 0.3) is 0 Å². The molecule has 1 aromatic rings. The van der Waals surface area contributed by atoms with Gasteiger partial charge in [0.15, 0.2) is 5.96 Å². The summed E-state index contributed by atoms with van der Waals surface area (Å²) in [5, 5.41) is 5.71. The number of aryl methyl sites for hydroxylation is 1. The number of aliphatic imine (C=N–C) groups is 1. The molecule has 0 saturated carbocycles. The lowest BCUT2D eigenvalue weighted by Gasteiger charge is -2.22. The summed E-state index contributed by atoms with van der Waals surface area (Å²) in [6.07, 6.45) is 0. The molecule has 1 fully saturated rings. The lowest BCUT2D eigenvalue weighted by molar-refractivity contribution is -0.124. The molecule has 2 N–H and O–H groups in total. The second kappa shape index (κ2) is 11.6. The largest absolute Gasteiger partial charge is 0.491 e. The SMILES string of the molecule is CCNC(=NCCN1C(=O)CNC1=O)N(C)CCOc1ccccc1C.I. The summed E-state index contributed by atoms with van der Waals surface area (Å²) in [6.45, 7) is 6.61. The van der Waals surface area contributed by atoms with Crippen molar-refractivity contribution in [1.29, 1.82) is 0 Å². The van der Waals surface area contributed by atoms with Crippen LogP contribution in [-0.2, 0) is 4.79 Å². The fourth-order valence-corrected chi connectivity index (χ4v) is 2.52. The van der Waals surface area contributed by atoms with Crippen molar-refractivity contribution < 1.29 is 14.3 Å². The summed E-state index contributed by atoms with van der Waals surface area (Å²) < 4.78 is 5.82. The number of halogens is 1. The zero-order chi connectivity index (χ0) is 18.9. The summed E-state index contributed by atoms with van der Waals surface area (Å²) >= 11 is 0. The minimum atomic E-state index is -0.352. The van der Waals surface area contributed by atoms with E-state index in [1.54, 1.807) is 0 Å². The number of likely N-dealkylation sites (N-methyl/N-ethyl adjacent to an activating group) is 1. The lowest BCUT2D eigenvalue weighted by Crippen LogP contribution is -2.41. The Bertz CT molecular complexity index is 652. The number of nitrogens with one attached hydrogen (secondary N) is 2. The zero-order valence-corrected chi connectivity index (χ0v) is 18.4. The van der Waals surface area contributed by atoms with E-state index in [1.807, 2.05) is 50.1 Å². The smallest absolute Gasteiger partial charge is 0.324 e. The second-order valence-electron chi connectivity index (χ2n) is 5.98. The average Bonchev–Trinajstić information content (AvgIpc) is 2.94. The van der Waals surface area contributed by atoms with E-state index in [4.69, 9.17) is 4.74 Å². The normalized spacial score (nSPS) is 13.9. The molecule has 0 aromatic heterocycles. The van der Waals surface area contributed by atoms with Gasteiger partial charge in [-0.1, -0.05) is 18.2 Å². The Morgan fingerprint density at radius 3 is 2.74 bits per heavy atom. The van der Waals surface area contributed by atoms with Crippen LogP contribution < -0.4 is 15.4 Å². The first-order valence-corrected chi connectivity index (χ1v) is 8.79.